The number of carboxylic acid groups (broad SMARTS) is 1. The fraction of sp³-hybridized carbons (Fsp3) is 0.200. The first-order valence-electron chi connectivity index (χ1n) is 9.35. The van der Waals surface area contributed by atoms with E-state index in [1.54, 1.807) is 6.92 Å². The molecule has 0 fully saturated rings. The molecule has 0 atom stereocenters. The van der Waals surface area contributed by atoms with Crippen molar-refractivity contribution in [3.8, 4) is 0 Å². The van der Waals surface area contributed by atoms with Gasteiger partial charge >= 0.3 is 24.3 Å². The third-order valence-electron chi connectivity index (χ3n) is 3.75. The van der Waals surface area contributed by atoms with Crippen LogP contribution in [0.3, 0.4) is 0 Å². The number of imidazole rings is 1. The Kier molecular flexibility index (Phi) is 10.5. The quantitative estimate of drug-likeness (QED) is 0.183. The number of carboxylic acids is 1. The van der Waals surface area contributed by atoms with Crippen LogP contribution in [0.25, 0.3) is 5.65 Å². The molecule has 3 aromatic heterocycles. The van der Waals surface area contributed by atoms with Crippen molar-refractivity contribution in [2.45, 2.75) is 19.3 Å². The minimum atomic E-state index is -4.46. The number of carbonyl (C=O) groups excluding carboxylic acids is 1. The molecular formula is C20H17ClF6N4O5. The van der Waals surface area contributed by atoms with Gasteiger partial charge in [-0.3, -0.25) is 4.40 Å². The van der Waals surface area contributed by atoms with E-state index in [2.05, 4.69) is 14.7 Å². The molecule has 0 unspecified atom stereocenters. The molecule has 0 amide bonds. The van der Waals surface area contributed by atoms with Crippen LogP contribution in [-0.2, 0) is 21.9 Å². The second-order valence-corrected chi connectivity index (χ2v) is 6.66. The Morgan fingerprint density at radius 1 is 1.11 bits per heavy atom. The van der Waals surface area contributed by atoms with Crippen LogP contribution in [0.4, 0.5) is 32.2 Å². The van der Waals surface area contributed by atoms with Crippen molar-refractivity contribution in [2.24, 2.45) is 0 Å². The van der Waals surface area contributed by atoms with E-state index < -0.39 is 35.4 Å². The molecule has 0 saturated heterocycles. The second kappa shape index (κ2) is 12.6. The molecule has 0 aliphatic rings. The maximum absolute atomic E-state index is 12.3. The Morgan fingerprint density at radius 2 is 1.69 bits per heavy atom. The van der Waals surface area contributed by atoms with E-state index in [9.17, 15) is 35.9 Å². The molecule has 9 nitrogen and oxygen atoms in total. The van der Waals surface area contributed by atoms with Crippen LogP contribution >= 0.6 is 11.6 Å². The second-order valence-electron chi connectivity index (χ2n) is 6.25. The number of anilines is 1. The summed E-state index contributed by atoms with van der Waals surface area (Å²) in [5, 5.41) is 16.5. The van der Waals surface area contributed by atoms with Gasteiger partial charge in [0.2, 0.25) is 0 Å². The number of carbonyl (C=O) groups is 2. The summed E-state index contributed by atoms with van der Waals surface area (Å²) in [6.45, 7) is 1.91. The van der Waals surface area contributed by atoms with Crippen LogP contribution in [0.5, 0.6) is 0 Å². The Hall–Kier alpha value is -4.01. The predicted molar refractivity (Wildman–Crippen MR) is 114 cm³/mol. The molecule has 36 heavy (non-hydrogen) atoms. The Balaban J connectivity index is 0.000000286. The smallest absolute Gasteiger partial charge is 0.416 e. The van der Waals surface area contributed by atoms with Crippen LogP contribution in [0.2, 0.25) is 0 Å². The highest BCUT2D eigenvalue weighted by atomic mass is 35.5. The predicted octanol–water partition coefficient (Wildman–Crippen LogP) is 4.92. The molecule has 0 radical (unpaired) electrons. The zero-order chi connectivity index (χ0) is 27.7. The van der Waals surface area contributed by atoms with Gasteiger partial charge < -0.3 is 20.7 Å². The summed E-state index contributed by atoms with van der Waals surface area (Å²) in [6, 6.07) is 3.27. The van der Waals surface area contributed by atoms with Crippen LogP contribution in [-0.4, -0.2) is 43.1 Å². The monoisotopic (exact) mass is 542 g/mol. The van der Waals surface area contributed by atoms with Crippen LogP contribution < -0.4 is 5.73 Å². The molecule has 0 aliphatic heterocycles. The number of aliphatic hydroxyl groups excluding tert-OH is 1. The zero-order valence-electron chi connectivity index (χ0n) is 18.0. The van der Waals surface area contributed by atoms with Crippen molar-refractivity contribution in [3.63, 3.8) is 0 Å². The summed E-state index contributed by atoms with van der Waals surface area (Å²) >= 11 is 5.13. The van der Waals surface area contributed by atoms with Crippen molar-refractivity contribution >= 4 is 35.0 Å². The number of hydrogen-bond donors (Lipinski definition) is 3. The van der Waals surface area contributed by atoms with E-state index in [4.69, 9.17) is 27.5 Å². The van der Waals surface area contributed by atoms with Crippen molar-refractivity contribution in [3.05, 3.63) is 71.0 Å². The number of aliphatic hydroxyl groups is 1. The molecule has 0 aliphatic carbocycles. The number of aromatic carboxylic acids is 1. The molecule has 3 aromatic rings. The minimum absolute atomic E-state index is 0.0489. The van der Waals surface area contributed by atoms with E-state index in [0.717, 1.165) is 47.3 Å². The lowest BCUT2D eigenvalue weighted by Gasteiger charge is -2.06. The number of esters is 1. The average Bonchev–Trinajstić information content (AvgIpc) is 3.22. The molecule has 16 heteroatoms. The highest BCUT2D eigenvalue weighted by molar-refractivity contribution is 6.41. The summed E-state index contributed by atoms with van der Waals surface area (Å²) in [5.41, 5.74) is 3.19. The fourth-order valence-electron chi connectivity index (χ4n) is 2.19. The number of halogens is 7. The third-order valence-corrected chi connectivity index (χ3v) is 4.00. The van der Waals surface area contributed by atoms with Gasteiger partial charge in [-0.1, -0.05) is 11.6 Å². The maximum Gasteiger partial charge on any atom is 0.416 e. The van der Waals surface area contributed by atoms with Gasteiger partial charge in [0.15, 0.2) is 10.7 Å². The van der Waals surface area contributed by atoms with E-state index >= 15 is 0 Å². The minimum Gasteiger partial charge on any atom is -0.514 e. The van der Waals surface area contributed by atoms with Gasteiger partial charge in [-0.2, -0.15) is 26.3 Å². The number of aromatic nitrogens is 3. The number of hydrogen-bond acceptors (Lipinski definition) is 7. The lowest BCUT2D eigenvalue weighted by atomic mass is 10.2. The fourth-order valence-corrected chi connectivity index (χ4v) is 2.25. The van der Waals surface area contributed by atoms with Crippen LogP contribution in [0, 0.1) is 0 Å². The van der Waals surface area contributed by atoms with E-state index in [0.29, 0.717) is 6.26 Å². The lowest BCUT2D eigenvalue weighted by Crippen LogP contribution is -2.07. The van der Waals surface area contributed by atoms with E-state index in [1.807, 2.05) is 0 Å². The SMILES string of the molecule is CCOC(=O)/C(Cl)=C\O.Nc1cc(C(F)(F)F)ccn1.O=C(O)c1cnc2cc(C(F)(F)F)ccn12. The van der Waals surface area contributed by atoms with Gasteiger partial charge in [0.1, 0.15) is 17.7 Å². The topological polar surface area (TPSA) is 140 Å². The molecule has 0 aromatic carbocycles. The number of rotatable bonds is 3. The van der Waals surface area contributed by atoms with Gasteiger partial charge in [0.05, 0.1) is 23.9 Å². The molecule has 3 heterocycles. The summed E-state index contributed by atoms with van der Waals surface area (Å²) in [6.07, 6.45) is -5.22. The van der Waals surface area contributed by atoms with Crippen LogP contribution in [0.1, 0.15) is 28.5 Å². The Bertz CT molecular complexity index is 1230. The molecule has 4 N–H and O–H groups in total. The van der Waals surface area contributed by atoms with Gasteiger partial charge in [-0.25, -0.2) is 19.6 Å². The molecule has 0 bridgehead atoms. The van der Waals surface area contributed by atoms with Crippen LogP contribution in [0.15, 0.2) is 54.2 Å². The number of nitrogens with zero attached hydrogens (tertiary/aromatic N) is 3. The summed E-state index contributed by atoms with van der Waals surface area (Å²) in [5.74, 6) is -2.08. The largest absolute Gasteiger partial charge is 0.514 e. The number of fused-ring (bicyclic) bond motifs is 1. The van der Waals surface area contributed by atoms with Crippen molar-refractivity contribution in [1.29, 1.82) is 0 Å². The molecule has 0 spiro atoms. The van der Waals surface area contributed by atoms with Gasteiger partial charge in [-0.15, -0.1) is 0 Å². The average molecular weight is 543 g/mol. The highest BCUT2D eigenvalue weighted by Gasteiger charge is 2.31. The molecule has 3 rings (SSSR count). The highest BCUT2D eigenvalue weighted by Crippen LogP contribution is 2.30. The maximum atomic E-state index is 12.3. The zero-order valence-corrected chi connectivity index (χ0v) is 18.8. The summed E-state index contributed by atoms with van der Waals surface area (Å²) < 4.78 is 78.1. The van der Waals surface area contributed by atoms with E-state index in [-0.39, 0.29) is 28.8 Å². The number of nitrogen functional groups attached to an aromatic ring is 1. The Labute approximate surface area is 203 Å². The van der Waals surface area contributed by atoms with Crippen molar-refractivity contribution < 1.29 is 50.9 Å². The molecule has 196 valence electrons. The van der Waals surface area contributed by atoms with Crippen molar-refractivity contribution in [1.82, 2.24) is 14.4 Å². The van der Waals surface area contributed by atoms with Crippen molar-refractivity contribution in [2.75, 3.05) is 12.3 Å². The summed E-state index contributed by atoms with van der Waals surface area (Å²) in [4.78, 5) is 28.1. The molecular weight excluding hydrogens is 526 g/mol. The first-order valence-corrected chi connectivity index (χ1v) is 9.72. The first-order chi connectivity index (χ1) is 16.6. The normalized spacial score (nSPS) is 11.6. The number of ether oxygens (including phenoxy) is 1. The number of pyridine rings is 2. The third kappa shape index (κ3) is 8.98. The lowest BCUT2D eigenvalue weighted by molar-refractivity contribution is -0.138. The van der Waals surface area contributed by atoms with E-state index in [1.165, 1.54) is 0 Å². The first kappa shape index (κ1) is 30.0. The number of nitrogens with two attached hydrogens (primary N) is 1. The van der Waals surface area contributed by atoms with Gasteiger partial charge in [0, 0.05) is 12.4 Å². The van der Waals surface area contributed by atoms with Gasteiger partial charge in [-0.05, 0) is 31.2 Å². The summed E-state index contributed by atoms with van der Waals surface area (Å²) in [7, 11) is 0. The molecule has 0 saturated carbocycles. The van der Waals surface area contributed by atoms with Gasteiger partial charge in [0.25, 0.3) is 0 Å². The number of alkyl halides is 6. The Morgan fingerprint density at radius 3 is 2.14 bits per heavy atom. The standard InChI is InChI=1S/C9H5F3N2O2.C6H5F3N2.C5H7ClO3/c10-9(11,12)5-1-2-14-6(8(15)16)4-13-7(14)3-5;7-6(8,9)4-1-2-11-5(10)3-4;1-2-9-5(8)4(6)3-7/h1-4H,(H,15,16);1-3H,(H2,10,11);3,7H,2H2,1H3/b;;4-3+.